The molecule has 8 nitrogen and oxygen atoms in total. The fourth-order valence-corrected chi connectivity index (χ4v) is 6.18. The molecular weight excluding hydrogens is 596 g/mol. The van der Waals surface area contributed by atoms with Gasteiger partial charge < -0.3 is 18.9 Å². The van der Waals surface area contributed by atoms with Crippen LogP contribution in [-0.4, -0.2) is 37.5 Å². The number of benzene rings is 2. The number of carbonyl (C=O) groups is 1. The maximum absolute atomic E-state index is 14.0. The van der Waals surface area contributed by atoms with Crippen LogP contribution in [0.3, 0.4) is 0 Å². The standard InChI is InChI=1S/C30H33BrN2O6S/c1-6-10-21-26(29(35)39-9-4)27(19-12-14-22(36-5)20(31)17-19)33-28(34)25(40-30(33)32-21)16-18-11-13-23(37-7-2)24(15-18)38-8-3/h11-17,27H,6-10H2,1-5H3/b25-16-/t27-/m1/s1. The summed E-state index contributed by atoms with van der Waals surface area (Å²) in [7, 11) is 1.59. The fraction of sp³-hybridized carbons (Fsp3) is 0.367. The van der Waals surface area contributed by atoms with Crippen molar-refractivity contribution in [2.75, 3.05) is 26.9 Å². The lowest BCUT2D eigenvalue weighted by molar-refractivity contribution is -0.139. The topological polar surface area (TPSA) is 88.4 Å². The molecule has 0 bridgehead atoms. The number of aromatic nitrogens is 1. The van der Waals surface area contributed by atoms with Gasteiger partial charge in [-0.25, -0.2) is 9.79 Å². The van der Waals surface area contributed by atoms with Crippen LogP contribution in [0.25, 0.3) is 6.08 Å². The van der Waals surface area contributed by atoms with E-state index in [0.717, 1.165) is 17.5 Å². The summed E-state index contributed by atoms with van der Waals surface area (Å²) in [6.07, 6.45) is 3.17. The molecule has 0 N–H and O–H groups in total. The predicted octanol–water partition coefficient (Wildman–Crippen LogP) is 5.15. The van der Waals surface area contributed by atoms with Crippen LogP contribution in [0.2, 0.25) is 0 Å². The first-order chi connectivity index (χ1) is 19.4. The normalized spacial score (nSPS) is 14.9. The largest absolute Gasteiger partial charge is 0.496 e. The van der Waals surface area contributed by atoms with Crippen molar-refractivity contribution in [1.82, 2.24) is 4.57 Å². The number of esters is 1. The van der Waals surface area contributed by atoms with E-state index in [1.807, 2.05) is 63.2 Å². The molecule has 0 saturated heterocycles. The van der Waals surface area contributed by atoms with Gasteiger partial charge in [0.15, 0.2) is 16.3 Å². The van der Waals surface area contributed by atoms with Crippen molar-refractivity contribution in [3.63, 3.8) is 0 Å². The molecule has 2 heterocycles. The maximum atomic E-state index is 14.0. The van der Waals surface area contributed by atoms with Crippen LogP contribution in [-0.2, 0) is 9.53 Å². The van der Waals surface area contributed by atoms with Crippen LogP contribution in [0.5, 0.6) is 17.2 Å². The van der Waals surface area contributed by atoms with E-state index in [0.29, 0.717) is 62.0 Å². The SMILES string of the molecule is CCCC1=C(C(=O)OCC)[C@@H](c2ccc(OC)c(Br)c2)n2c(s/c(=C\c3ccc(OCC)c(OCC)c3)c2=O)=N1. The van der Waals surface area contributed by atoms with E-state index < -0.39 is 12.0 Å². The molecule has 2 aromatic carbocycles. The first-order valence-electron chi connectivity index (χ1n) is 13.3. The molecule has 0 unspecified atom stereocenters. The lowest BCUT2D eigenvalue weighted by Gasteiger charge is -2.26. The highest BCUT2D eigenvalue weighted by Gasteiger charge is 2.34. The minimum atomic E-state index is -0.708. The number of thiazole rings is 1. The van der Waals surface area contributed by atoms with Gasteiger partial charge in [-0.3, -0.25) is 9.36 Å². The van der Waals surface area contributed by atoms with E-state index >= 15 is 0 Å². The minimum absolute atomic E-state index is 0.213. The van der Waals surface area contributed by atoms with Gasteiger partial charge in [0.05, 0.1) is 53.2 Å². The quantitative estimate of drug-likeness (QED) is 0.273. The molecule has 212 valence electrons. The van der Waals surface area contributed by atoms with E-state index in [9.17, 15) is 9.59 Å². The van der Waals surface area contributed by atoms with Crippen LogP contribution in [0.15, 0.2) is 61.9 Å². The molecule has 4 rings (SSSR count). The Morgan fingerprint density at radius 2 is 1.75 bits per heavy atom. The molecule has 0 fully saturated rings. The Bertz CT molecular complexity index is 1610. The highest BCUT2D eigenvalue weighted by atomic mass is 79.9. The van der Waals surface area contributed by atoms with Crippen molar-refractivity contribution in [3.8, 4) is 17.2 Å². The van der Waals surface area contributed by atoms with Crippen LogP contribution in [0.1, 0.15) is 57.7 Å². The molecule has 10 heteroatoms. The summed E-state index contributed by atoms with van der Waals surface area (Å²) in [6, 6.07) is 10.4. The van der Waals surface area contributed by atoms with Crippen LogP contribution in [0.4, 0.5) is 0 Å². The summed E-state index contributed by atoms with van der Waals surface area (Å²) in [5.41, 5.74) is 2.29. The number of nitrogens with zero attached hydrogens (tertiary/aromatic N) is 2. The third kappa shape index (κ3) is 6.02. The average Bonchev–Trinajstić information content (AvgIpc) is 3.24. The molecule has 0 aliphatic carbocycles. The van der Waals surface area contributed by atoms with Crippen molar-refractivity contribution in [2.45, 2.75) is 46.6 Å². The van der Waals surface area contributed by atoms with Gasteiger partial charge in [0.2, 0.25) is 0 Å². The minimum Gasteiger partial charge on any atom is -0.496 e. The Morgan fingerprint density at radius 3 is 2.40 bits per heavy atom. The summed E-state index contributed by atoms with van der Waals surface area (Å²) in [5, 5.41) is 0. The lowest BCUT2D eigenvalue weighted by atomic mass is 9.94. The molecule has 1 aromatic heterocycles. The number of halogens is 1. The first-order valence-corrected chi connectivity index (χ1v) is 14.9. The van der Waals surface area contributed by atoms with Crippen LogP contribution in [0, 0.1) is 0 Å². The molecule has 3 aromatic rings. The third-order valence-corrected chi connectivity index (χ3v) is 7.85. The van der Waals surface area contributed by atoms with Gasteiger partial charge >= 0.3 is 5.97 Å². The highest BCUT2D eigenvalue weighted by molar-refractivity contribution is 9.10. The predicted molar refractivity (Wildman–Crippen MR) is 159 cm³/mol. The molecule has 0 saturated carbocycles. The van der Waals surface area contributed by atoms with E-state index in [1.54, 1.807) is 18.6 Å². The number of hydrogen-bond acceptors (Lipinski definition) is 8. The second kappa shape index (κ2) is 13.3. The zero-order chi connectivity index (χ0) is 28.8. The molecule has 0 spiro atoms. The Balaban J connectivity index is 1.95. The van der Waals surface area contributed by atoms with Crippen LogP contribution < -0.4 is 29.1 Å². The monoisotopic (exact) mass is 628 g/mol. The van der Waals surface area contributed by atoms with Gasteiger partial charge in [-0.2, -0.15) is 0 Å². The molecular formula is C30H33BrN2O6S. The number of allylic oxidation sites excluding steroid dienone is 1. The van der Waals surface area contributed by atoms with E-state index in [2.05, 4.69) is 15.9 Å². The van der Waals surface area contributed by atoms with Crippen molar-refractivity contribution >= 4 is 39.3 Å². The number of fused-ring (bicyclic) bond motifs is 1. The highest BCUT2D eigenvalue weighted by Crippen LogP contribution is 2.36. The second-order valence-corrected chi connectivity index (χ2v) is 10.7. The Hall–Kier alpha value is -3.37. The van der Waals surface area contributed by atoms with Gasteiger partial charge in [-0.15, -0.1) is 0 Å². The average molecular weight is 630 g/mol. The van der Waals surface area contributed by atoms with Crippen molar-refractivity contribution in [3.05, 3.63) is 83.0 Å². The summed E-state index contributed by atoms with van der Waals surface area (Å²) >= 11 is 4.85. The van der Waals surface area contributed by atoms with Gasteiger partial charge in [0, 0.05) is 0 Å². The smallest absolute Gasteiger partial charge is 0.338 e. The van der Waals surface area contributed by atoms with E-state index in [1.165, 1.54) is 11.3 Å². The molecule has 1 aliphatic rings. The first kappa shape index (κ1) is 29.6. The zero-order valence-electron chi connectivity index (χ0n) is 23.3. The molecule has 1 atom stereocenters. The maximum Gasteiger partial charge on any atom is 0.338 e. The zero-order valence-corrected chi connectivity index (χ0v) is 25.7. The number of hydrogen-bond donors (Lipinski definition) is 0. The van der Waals surface area contributed by atoms with Gasteiger partial charge in [0.1, 0.15) is 5.75 Å². The Morgan fingerprint density at radius 1 is 1.02 bits per heavy atom. The summed E-state index contributed by atoms with van der Waals surface area (Å²) in [5.74, 6) is 1.43. The fourth-order valence-electron chi connectivity index (χ4n) is 4.60. The Labute approximate surface area is 245 Å². The summed E-state index contributed by atoms with van der Waals surface area (Å²) in [6.45, 7) is 8.83. The number of methoxy groups -OCH3 is 1. The molecule has 0 amide bonds. The molecule has 1 aliphatic heterocycles. The number of rotatable bonds is 11. The summed E-state index contributed by atoms with van der Waals surface area (Å²) in [4.78, 5) is 32.7. The van der Waals surface area contributed by atoms with Crippen molar-refractivity contribution in [1.29, 1.82) is 0 Å². The molecule has 0 radical (unpaired) electrons. The number of carbonyl (C=O) groups excluding carboxylic acids is 1. The van der Waals surface area contributed by atoms with E-state index in [-0.39, 0.29) is 12.2 Å². The van der Waals surface area contributed by atoms with Crippen molar-refractivity contribution in [2.24, 2.45) is 4.99 Å². The van der Waals surface area contributed by atoms with Crippen molar-refractivity contribution < 1.29 is 23.7 Å². The lowest BCUT2D eigenvalue weighted by Crippen LogP contribution is -2.40. The molecule has 40 heavy (non-hydrogen) atoms. The second-order valence-electron chi connectivity index (χ2n) is 8.88. The summed E-state index contributed by atoms with van der Waals surface area (Å²) < 4.78 is 25.1. The van der Waals surface area contributed by atoms with Gasteiger partial charge in [0.25, 0.3) is 5.56 Å². The third-order valence-electron chi connectivity index (χ3n) is 6.25. The Kier molecular flexibility index (Phi) is 9.86. The van der Waals surface area contributed by atoms with E-state index in [4.69, 9.17) is 23.9 Å². The van der Waals surface area contributed by atoms with Gasteiger partial charge in [-0.05, 0) is 84.6 Å². The van der Waals surface area contributed by atoms with Crippen LogP contribution >= 0.6 is 27.3 Å². The number of ether oxygens (including phenoxy) is 4. The van der Waals surface area contributed by atoms with Gasteiger partial charge in [-0.1, -0.05) is 36.8 Å².